The first-order chi connectivity index (χ1) is 14.4. The lowest BCUT2D eigenvalue weighted by atomic mass is 10.2. The van der Waals surface area contributed by atoms with Gasteiger partial charge in [-0.2, -0.15) is 0 Å². The van der Waals surface area contributed by atoms with Gasteiger partial charge < -0.3 is 14.2 Å². The molecule has 0 N–H and O–H groups in total. The molecule has 0 bridgehead atoms. The molecule has 0 saturated carbocycles. The second-order valence-electron chi connectivity index (χ2n) is 7.87. The highest BCUT2D eigenvalue weighted by Crippen LogP contribution is 2.37. The van der Waals surface area contributed by atoms with E-state index in [2.05, 4.69) is 9.97 Å². The number of nitrogens with zero attached hydrogens (tertiary/aromatic N) is 3. The van der Waals surface area contributed by atoms with E-state index in [0.29, 0.717) is 29.3 Å². The van der Waals surface area contributed by atoms with Crippen molar-refractivity contribution in [3.8, 4) is 11.5 Å². The van der Waals surface area contributed by atoms with Gasteiger partial charge in [0.2, 0.25) is 0 Å². The molecule has 0 aliphatic heterocycles. The lowest BCUT2D eigenvalue weighted by Gasteiger charge is -2.20. The highest BCUT2D eigenvalue weighted by Gasteiger charge is 2.24. The molecule has 30 heavy (non-hydrogen) atoms. The zero-order chi connectivity index (χ0) is 21.3. The Bertz CT molecular complexity index is 1210. The Morgan fingerprint density at radius 1 is 1.07 bits per heavy atom. The maximum atomic E-state index is 13.0. The number of fused-ring (bicyclic) bond motifs is 3. The van der Waals surface area contributed by atoms with Crippen molar-refractivity contribution in [3.05, 3.63) is 60.6 Å². The minimum atomic E-state index is -0.647. The van der Waals surface area contributed by atoms with Crippen LogP contribution in [0.25, 0.3) is 21.9 Å². The number of rotatable bonds is 4. The van der Waals surface area contributed by atoms with Gasteiger partial charge in [0.15, 0.2) is 17.1 Å². The monoisotopic (exact) mass is 405 g/mol. The molecule has 0 aliphatic rings. The smallest absolute Gasteiger partial charge is 0.420 e. The molecule has 0 spiro atoms. The predicted octanol–water partition coefficient (Wildman–Crippen LogP) is 4.96. The van der Waals surface area contributed by atoms with Gasteiger partial charge in [0.05, 0.1) is 12.6 Å². The number of methoxy groups -OCH3 is 1. The summed E-state index contributed by atoms with van der Waals surface area (Å²) >= 11 is 0. The first kappa shape index (κ1) is 19.7. The van der Waals surface area contributed by atoms with Crippen LogP contribution in [0.3, 0.4) is 0 Å². The van der Waals surface area contributed by atoms with Crippen molar-refractivity contribution in [1.29, 1.82) is 0 Å². The number of aromatic nitrogens is 3. The van der Waals surface area contributed by atoms with Crippen molar-refractivity contribution in [2.45, 2.75) is 33.0 Å². The average molecular weight is 405 g/mol. The van der Waals surface area contributed by atoms with E-state index < -0.39 is 11.7 Å². The van der Waals surface area contributed by atoms with Gasteiger partial charge in [0.25, 0.3) is 0 Å². The summed E-state index contributed by atoms with van der Waals surface area (Å²) in [6, 6.07) is 13.5. The summed E-state index contributed by atoms with van der Waals surface area (Å²) in [5.74, 6) is 1.08. The predicted molar refractivity (Wildman–Crippen MR) is 114 cm³/mol. The van der Waals surface area contributed by atoms with Crippen molar-refractivity contribution >= 4 is 28.0 Å². The molecule has 2 aromatic heterocycles. The Balaban J connectivity index is 1.85. The molecule has 0 aliphatic carbocycles. The van der Waals surface area contributed by atoms with Gasteiger partial charge in [0.1, 0.15) is 18.5 Å². The van der Waals surface area contributed by atoms with E-state index in [1.165, 1.54) is 10.9 Å². The van der Waals surface area contributed by atoms with E-state index in [-0.39, 0.29) is 0 Å². The van der Waals surface area contributed by atoms with Gasteiger partial charge in [-0.25, -0.2) is 19.3 Å². The second-order valence-corrected chi connectivity index (χ2v) is 7.87. The van der Waals surface area contributed by atoms with Crippen LogP contribution >= 0.6 is 0 Å². The van der Waals surface area contributed by atoms with Crippen LogP contribution in [0.15, 0.2) is 55.0 Å². The third-order valence-electron chi connectivity index (χ3n) is 4.53. The molecule has 7 nitrogen and oxygen atoms in total. The van der Waals surface area contributed by atoms with Gasteiger partial charge in [-0.05, 0) is 32.4 Å². The lowest BCUT2D eigenvalue weighted by Crippen LogP contribution is -2.27. The molecule has 4 aromatic rings. The van der Waals surface area contributed by atoms with Crippen LogP contribution in [-0.4, -0.2) is 33.3 Å². The first-order valence-electron chi connectivity index (χ1n) is 9.59. The maximum absolute atomic E-state index is 13.0. The Morgan fingerprint density at radius 3 is 2.53 bits per heavy atom. The van der Waals surface area contributed by atoms with Crippen molar-refractivity contribution in [2.75, 3.05) is 7.11 Å². The molecular formula is C23H23N3O4. The lowest BCUT2D eigenvalue weighted by molar-refractivity contribution is 0.0550. The van der Waals surface area contributed by atoms with Crippen molar-refractivity contribution in [3.63, 3.8) is 0 Å². The van der Waals surface area contributed by atoms with Gasteiger partial charge in [0, 0.05) is 23.0 Å². The van der Waals surface area contributed by atoms with Gasteiger partial charge >= 0.3 is 6.09 Å². The molecule has 154 valence electrons. The Labute approximate surface area is 174 Å². The highest BCUT2D eigenvalue weighted by molar-refractivity contribution is 6.11. The number of carbonyl (C=O) groups is 1. The topological polar surface area (TPSA) is 75.5 Å². The summed E-state index contributed by atoms with van der Waals surface area (Å²) in [6.07, 6.45) is 2.57. The minimum absolute atomic E-state index is 0.370. The standard InChI is InChI=1S/C23H23N3O4/c1-23(2,3)30-22(27)26-18-11-20(29-13-15-8-6-5-7-9-15)19(28-4)10-16(18)17-12-24-14-25-21(17)26/h5-12,14H,13H2,1-4H3. The number of ether oxygens (including phenoxy) is 3. The molecule has 0 fully saturated rings. The summed E-state index contributed by atoms with van der Waals surface area (Å²) in [6.45, 7) is 5.84. The molecule has 7 heteroatoms. The maximum Gasteiger partial charge on any atom is 0.420 e. The minimum Gasteiger partial charge on any atom is -0.493 e. The number of carbonyl (C=O) groups excluding carboxylic acids is 1. The average Bonchev–Trinajstić information content (AvgIpc) is 3.04. The largest absolute Gasteiger partial charge is 0.493 e. The fraction of sp³-hybridized carbons (Fsp3) is 0.261. The van der Waals surface area contributed by atoms with Gasteiger partial charge in [-0.3, -0.25) is 0 Å². The third-order valence-corrected chi connectivity index (χ3v) is 4.53. The first-order valence-corrected chi connectivity index (χ1v) is 9.59. The van der Waals surface area contributed by atoms with Crippen LogP contribution in [-0.2, 0) is 11.3 Å². The number of hydrogen-bond donors (Lipinski definition) is 0. The van der Waals surface area contributed by atoms with E-state index in [1.54, 1.807) is 19.4 Å². The van der Waals surface area contributed by atoms with E-state index >= 15 is 0 Å². The van der Waals surface area contributed by atoms with E-state index in [4.69, 9.17) is 14.2 Å². The Kier molecular flexibility index (Phi) is 5.03. The van der Waals surface area contributed by atoms with Crippen LogP contribution in [0.4, 0.5) is 4.79 Å². The van der Waals surface area contributed by atoms with E-state index in [1.807, 2.05) is 57.2 Å². The van der Waals surface area contributed by atoms with Crippen LogP contribution in [0.2, 0.25) is 0 Å². The summed E-state index contributed by atoms with van der Waals surface area (Å²) < 4.78 is 18.6. The molecule has 0 radical (unpaired) electrons. The SMILES string of the molecule is COc1cc2c3cncnc3n(C(=O)OC(C)(C)C)c2cc1OCc1ccccc1. The molecule has 0 amide bonds. The summed E-state index contributed by atoms with van der Waals surface area (Å²) in [5, 5.41) is 1.51. The van der Waals surface area contributed by atoms with Crippen LogP contribution < -0.4 is 9.47 Å². The molecule has 0 atom stereocenters. The van der Waals surface area contributed by atoms with Crippen LogP contribution in [0.1, 0.15) is 26.3 Å². The quantitative estimate of drug-likeness (QED) is 0.478. The Hall–Kier alpha value is -3.61. The van der Waals surface area contributed by atoms with Crippen LogP contribution in [0, 0.1) is 0 Å². The van der Waals surface area contributed by atoms with Gasteiger partial charge in [-0.15, -0.1) is 0 Å². The van der Waals surface area contributed by atoms with Crippen molar-refractivity contribution in [1.82, 2.24) is 14.5 Å². The van der Waals surface area contributed by atoms with Crippen molar-refractivity contribution < 1.29 is 19.0 Å². The number of hydrogen-bond acceptors (Lipinski definition) is 6. The zero-order valence-electron chi connectivity index (χ0n) is 17.4. The summed E-state index contributed by atoms with van der Waals surface area (Å²) in [7, 11) is 1.58. The van der Waals surface area contributed by atoms with Gasteiger partial charge in [-0.1, -0.05) is 30.3 Å². The number of benzene rings is 2. The summed E-state index contributed by atoms with van der Waals surface area (Å²) in [5.41, 5.74) is 1.46. The van der Waals surface area contributed by atoms with Crippen molar-refractivity contribution in [2.24, 2.45) is 0 Å². The normalized spacial score (nSPS) is 11.6. The molecule has 0 unspecified atom stereocenters. The Morgan fingerprint density at radius 2 is 1.83 bits per heavy atom. The second kappa shape index (κ2) is 7.67. The van der Waals surface area contributed by atoms with E-state index in [0.717, 1.165) is 16.3 Å². The molecule has 2 heterocycles. The molecule has 2 aromatic carbocycles. The zero-order valence-corrected chi connectivity index (χ0v) is 17.4. The van der Waals surface area contributed by atoms with Crippen LogP contribution in [0.5, 0.6) is 11.5 Å². The molecular weight excluding hydrogens is 382 g/mol. The summed E-state index contributed by atoms with van der Waals surface area (Å²) in [4.78, 5) is 21.4. The molecule has 4 rings (SSSR count). The molecule has 0 saturated heterocycles. The third kappa shape index (κ3) is 3.78. The van der Waals surface area contributed by atoms with E-state index in [9.17, 15) is 4.79 Å². The fourth-order valence-corrected chi connectivity index (χ4v) is 3.26. The fourth-order valence-electron chi connectivity index (χ4n) is 3.26. The highest BCUT2D eigenvalue weighted by atomic mass is 16.6.